The Kier molecular flexibility index (Phi) is 3.57. The van der Waals surface area contributed by atoms with Crippen LogP contribution in [-0.4, -0.2) is 6.36 Å². The van der Waals surface area contributed by atoms with Crippen LogP contribution in [0.4, 0.5) is 18.9 Å². The van der Waals surface area contributed by atoms with E-state index in [9.17, 15) is 13.2 Å². The second-order valence-corrected chi connectivity index (χ2v) is 4.23. The lowest BCUT2D eigenvalue weighted by atomic mass is 10.0. The molecule has 6 heteroatoms. The van der Waals surface area contributed by atoms with Gasteiger partial charge in [0.2, 0.25) is 0 Å². The Labute approximate surface area is 112 Å². The van der Waals surface area contributed by atoms with Gasteiger partial charge in [-0.05, 0) is 23.8 Å². The van der Waals surface area contributed by atoms with E-state index in [2.05, 4.69) is 4.74 Å². The molecule has 0 unspecified atom stereocenters. The number of rotatable bonds is 2. The van der Waals surface area contributed by atoms with Gasteiger partial charge in [0.05, 0.1) is 0 Å². The maximum absolute atomic E-state index is 12.2. The summed E-state index contributed by atoms with van der Waals surface area (Å²) >= 11 is 5.99. The molecular weight excluding hydrogens is 279 g/mol. The highest BCUT2D eigenvalue weighted by molar-refractivity contribution is 6.33. The summed E-state index contributed by atoms with van der Waals surface area (Å²) in [5.41, 5.74) is 6.79. The number of halogens is 4. The number of alkyl halides is 3. The van der Waals surface area contributed by atoms with Gasteiger partial charge in [-0.25, -0.2) is 0 Å². The van der Waals surface area contributed by atoms with Crippen molar-refractivity contribution in [2.75, 3.05) is 5.73 Å². The minimum Gasteiger partial charge on any atom is -0.406 e. The van der Waals surface area contributed by atoms with E-state index in [-0.39, 0.29) is 11.4 Å². The van der Waals surface area contributed by atoms with Gasteiger partial charge in [-0.2, -0.15) is 0 Å². The van der Waals surface area contributed by atoms with E-state index in [1.54, 1.807) is 24.3 Å². The number of benzene rings is 2. The van der Waals surface area contributed by atoms with Crippen LogP contribution in [0.1, 0.15) is 0 Å². The molecule has 0 fully saturated rings. The molecule has 0 aliphatic heterocycles. The number of ether oxygens (including phenoxy) is 1. The van der Waals surface area contributed by atoms with Crippen molar-refractivity contribution in [1.29, 1.82) is 0 Å². The van der Waals surface area contributed by atoms with Gasteiger partial charge in [0, 0.05) is 22.3 Å². The van der Waals surface area contributed by atoms with Gasteiger partial charge < -0.3 is 10.5 Å². The highest BCUT2D eigenvalue weighted by Gasteiger charge is 2.31. The molecular formula is C13H9ClF3NO. The fraction of sp³-hybridized carbons (Fsp3) is 0.0769. The standard InChI is InChI=1S/C13H9ClF3NO/c14-12-4-2-1-3-11(12)8-5-9(18)7-10(6-8)19-13(15,16)17/h1-7H,18H2. The van der Waals surface area contributed by atoms with Crippen LogP contribution in [0.3, 0.4) is 0 Å². The average Bonchev–Trinajstić information content (AvgIpc) is 2.26. The zero-order chi connectivity index (χ0) is 14.0. The van der Waals surface area contributed by atoms with Crippen molar-refractivity contribution in [3.8, 4) is 16.9 Å². The van der Waals surface area contributed by atoms with Crippen LogP contribution in [0.5, 0.6) is 5.75 Å². The molecule has 100 valence electrons. The average molecular weight is 288 g/mol. The molecule has 0 spiro atoms. The van der Waals surface area contributed by atoms with Gasteiger partial charge in [-0.3, -0.25) is 0 Å². The zero-order valence-corrected chi connectivity index (χ0v) is 10.3. The number of nitrogens with two attached hydrogens (primary N) is 1. The lowest BCUT2D eigenvalue weighted by Crippen LogP contribution is -2.17. The van der Waals surface area contributed by atoms with Gasteiger partial charge in [-0.15, -0.1) is 13.2 Å². The maximum atomic E-state index is 12.2. The van der Waals surface area contributed by atoms with Crippen LogP contribution < -0.4 is 10.5 Å². The highest BCUT2D eigenvalue weighted by Crippen LogP contribution is 2.33. The van der Waals surface area contributed by atoms with E-state index in [1.165, 1.54) is 12.1 Å². The molecule has 0 bridgehead atoms. The van der Waals surface area contributed by atoms with E-state index < -0.39 is 6.36 Å². The second-order valence-electron chi connectivity index (χ2n) is 3.82. The number of anilines is 1. The van der Waals surface area contributed by atoms with Crippen LogP contribution in [0.15, 0.2) is 42.5 Å². The van der Waals surface area contributed by atoms with Gasteiger partial charge in [0.1, 0.15) is 5.75 Å². The summed E-state index contributed by atoms with van der Waals surface area (Å²) in [7, 11) is 0. The Morgan fingerprint density at radius 1 is 1.05 bits per heavy atom. The van der Waals surface area contributed by atoms with E-state index in [0.717, 1.165) is 6.07 Å². The fourth-order valence-corrected chi connectivity index (χ4v) is 1.91. The molecule has 0 radical (unpaired) electrons. The molecule has 2 aromatic carbocycles. The van der Waals surface area contributed by atoms with E-state index in [1.807, 2.05) is 0 Å². The molecule has 0 aromatic heterocycles. The SMILES string of the molecule is Nc1cc(OC(F)(F)F)cc(-c2ccccc2Cl)c1. The first kappa shape index (κ1) is 13.5. The number of hydrogen-bond acceptors (Lipinski definition) is 2. The van der Waals surface area contributed by atoms with Crippen LogP contribution in [0.2, 0.25) is 5.02 Å². The molecule has 0 aliphatic carbocycles. The third-order valence-electron chi connectivity index (χ3n) is 2.35. The molecule has 2 aromatic rings. The van der Waals surface area contributed by atoms with E-state index in [4.69, 9.17) is 17.3 Å². The van der Waals surface area contributed by atoms with Crippen LogP contribution in [0, 0.1) is 0 Å². The Morgan fingerprint density at radius 3 is 2.37 bits per heavy atom. The zero-order valence-electron chi connectivity index (χ0n) is 9.54. The van der Waals surface area contributed by atoms with Crippen molar-refractivity contribution in [1.82, 2.24) is 0 Å². The van der Waals surface area contributed by atoms with Crippen molar-refractivity contribution in [3.05, 3.63) is 47.5 Å². The highest BCUT2D eigenvalue weighted by atomic mass is 35.5. The first-order valence-electron chi connectivity index (χ1n) is 5.26. The topological polar surface area (TPSA) is 35.2 Å². The third kappa shape index (κ3) is 3.54. The van der Waals surface area contributed by atoms with Gasteiger partial charge in [0.25, 0.3) is 0 Å². The third-order valence-corrected chi connectivity index (χ3v) is 2.68. The van der Waals surface area contributed by atoms with Crippen molar-refractivity contribution >= 4 is 17.3 Å². The fourth-order valence-electron chi connectivity index (χ4n) is 1.67. The first-order chi connectivity index (χ1) is 8.85. The molecule has 0 aliphatic rings. The molecule has 2 nitrogen and oxygen atoms in total. The smallest absolute Gasteiger partial charge is 0.406 e. The van der Waals surface area contributed by atoms with Crippen molar-refractivity contribution in [2.45, 2.75) is 6.36 Å². The Hall–Kier alpha value is -1.88. The summed E-state index contributed by atoms with van der Waals surface area (Å²) in [6.45, 7) is 0. The lowest BCUT2D eigenvalue weighted by Gasteiger charge is -2.12. The van der Waals surface area contributed by atoms with Gasteiger partial charge in [0.15, 0.2) is 0 Å². The summed E-state index contributed by atoms with van der Waals surface area (Å²) in [6.07, 6.45) is -4.76. The van der Waals surface area contributed by atoms with Crippen molar-refractivity contribution in [2.24, 2.45) is 0 Å². The molecule has 0 saturated heterocycles. The Balaban J connectivity index is 2.45. The predicted molar refractivity (Wildman–Crippen MR) is 68.0 cm³/mol. The van der Waals surface area contributed by atoms with Crippen molar-refractivity contribution in [3.63, 3.8) is 0 Å². The Bertz CT molecular complexity index is 599. The molecule has 0 saturated carbocycles. The minimum absolute atomic E-state index is 0.164. The molecule has 0 amide bonds. The van der Waals surface area contributed by atoms with Gasteiger partial charge >= 0.3 is 6.36 Å². The normalized spacial score (nSPS) is 11.4. The summed E-state index contributed by atoms with van der Waals surface area (Å²) in [6, 6.07) is 10.7. The molecule has 2 rings (SSSR count). The first-order valence-corrected chi connectivity index (χ1v) is 5.64. The number of nitrogen functional groups attached to an aromatic ring is 1. The second kappa shape index (κ2) is 5.01. The molecule has 0 heterocycles. The maximum Gasteiger partial charge on any atom is 0.573 e. The summed E-state index contributed by atoms with van der Waals surface area (Å²) in [5.74, 6) is -0.373. The van der Waals surface area contributed by atoms with E-state index in [0.29, 0.717) is 16.1 Å². The number of hydrogen-bond donors (Lipinski definition) is 1. The summed E-state index contributed by atoms with van der Waals surface area (Å²) in [4.78, 5) is 0. The van der Waals surface area contributed by atoms with Gasteiger partial charge in [-0.1, -0.05) is 29.8 Å². The summed E-state index contributed by atoms with van der Waals surface area (Å²) < 4.78 is 40.5. The monoisotopic (exact) mass is 287 g/mol. The van der Waals surface area contributed by atoms with Crippen molar-refractivity contribution < 1.29 is 17.9 Å². The quantitative estimate of drug-likeness (QED) is 0.826. The Morgan fingerprint density at radius 2 is 1.74 bits per heavy atom. The minimum atomic E-state index is -4.76. The largest absolute Gasteiger partial charge is 0.573 e. The molecule has 0 atom stereocenters. The molecule has 2 N–H and O–H groups in total. The van der Waals surface area contributed by atoms with Crippen LogP contribution >= 0.6 is 11.6 Å². The lowest BCUT2D eigenvalue weighted by molar-refractivity contribution is -0.274. The van der Waals surface area contributed by atoms with Crippen LogP contribution in [0.25, 0.3) is 11.1 Å². The van der Waals surface area contributed by atoms with E-state index >= 15 is 0 Å². The molecule has 19 heavy (non-hydrogen) atoms. The van der Waals surface area contributed by atoms with Crippen LogP contribution in [-0.2, 0) is 0 Å². The summed E-state index contributed by atoms with van der Waals surface area (Å²) in [5, 5.41) is 0.422. The predicted octanol–water partition coefficient (Wildman–Crippen LogP) is 4.49.